The van der Waals surface area contributed by atoms with Gasteiger partial charge in [0.25, 0.3) is 0 Å². The first kappa shape index (κ1) is 23.4. The van der Waals surface area contributed by atoms with Gasteiger partial charge in [-0.3, -0.25) is 4.79 Å². The first-order valence-corrected chi connectivity index (χ1v) is 10.2. The summed E-state index contributed by atoms with van der Waals surface area (Å²) in [6.07, 6.45) is 7.26. The van der Waals surface area contributed by atoms with Gasteiger partial charge >= 0.3 is 5.97 Å². The van der Waals surface area contributed by atoms with E-state index in [0.29, 0.717) is 36.5 Å². The standard InChI is InChI=1S/C22H29ClO6/c23-15-6-5-7-17(12-15)29-14-16(24)10-11-19-18(20(25)13-21(19)26)8-3-1-2-4-9-22(27)28/h1,3,5-7,10-12,16,18-21,24-26H,2,4,8-9,13-14H2,(H,27,28)/b3-1+,11-10+/t16-,18+,19+,20-,21+/m1/s1. The van der Waals surface area contributed by atoms with E-state index in [2.05, 4.69) is 0 Å². The third-order valence-corrected chi connectivity index (χ3v) is 5.26. The lowest BCUT2D eigenvalue weighted by atomic mass is 9.89. The molecule has 29 heavy (non-hydrogen) atoms. The molecule has 160 valence electrons. The van der Waals surface area contributed by atoms with E-state index in [1.165, 1.54) is 0 Å². The van der Waals surface area contributed by atoms with Crippen LogP contribution in [-0.4, -0.2) is 51.3 Å². The Morgan fingerprint density at radius 3 is 2.79 bits per heavy atom. The Labute approximate surface area is 176 Å². The van der Waals surface area contributed by atoms with Gasteiger partial charge in [-0.25, -0.2) is 0 Å². The second-order valence-corrected chi connectivity index (χ2v) is 7.76. The maximum atomic E-state index is 10.5. The number of carboxylic acid groups (broad SMARTS) is 1. The zero-order chi connectivity index (χ0) is 21.2. The zero-order valence-electron chi connectivity index (χ0n) is 16.2. The average Bonchev–Trinajstić information content (AvgIpc) is 2.93. The number of hydrogen-bond donors (Lipinski definition) is 4. The van der Waals surface area contributed by atoms with Gasteiger partial charge < -0.3 is 25.2 Å². The van der Waals surface area contributed by atoms with Crippen LogP contribution >= 0.6 is 11.6 Å². The number of ether oxygens (including phenoxy) is 1. The van der Waals surface area contributed by atoms with Crippen molar-refractivity contribution in [3.05, 3.63) is 53.6 Å². The summed E-state index contributed by atoms with van der Waals surface area (Å²) >= 11 is 5.90. The fraction of sp³-hybridized carbons (Fsp3) is 0.500. The van der Waals surface area contributed by atoms with Crippen molar-refractivity contribution in [3.8, 4) is 5.75 Å². The van der Waals surface area contributed by atoms with Crippen LogP contribution in [0.15, 0.2) is 48.6 Å². The molecule has 0 radical (unpaired) electrons. The van der Waals surface area contributed by atoms with Gasteiger partial charge in [0.15, 0.2) is 0 Å². The molecule has 6 nitrogen and oxygen atoms in total. The van der Waals surface area contributed by atoms with E-state index in [4.69, 9.17) is 21.4 Å². The van der Waals surface area contributed by atoms with E-state index in [1.807, 2.05) is 12.2 Å². The topological polar surface area (TPSA) is 107 Å². The Balaban J connectivity index is 1.83. The number of halogens is 1. The van der Waals surface area contributed by atoms with Crippen molar-refractivity contribution in [1.82, 2.24) is 0 Å². The molecule has 1 aliphatic carbocycles. The van der Waals surface area contributed by atoms with Crippen LogP contribution in [0.2, 0.25) is 5.02 Å². The number of carboxylic acids is 1. The van der Waals surface area contributed by atoms with Crippen molar-refractivity contribution in [2.75, 3.05) is 6.61 Å². The lowest BCUT2D eigenvalue weighted by Gasteiger charge is -2.19. The van der Waals surface area contributed by atoms with Crippen LogP contribution < -0.4 is 4.74 Å². The molecule has 7 heteroatoms. The van der Waals surface area contributed by atoms with Gasteiger partial charge in [-0.15, -0.1) is 0 Å². The Morgan fingerprint density at radius 1 is 1.28 bits per heavy atom. The molecule has 0 aliphatic heterocycles. The molecule has 1 saturated carbocycles. The molecule has 1 aliphatic rings. The van der Waals surface area contributed by atoms with E-state index >= 15 is 0 Å². The molecular weight excluding hydrogens is 396 g/mol. The molecule has 1 fully saturated rings. The predicted molar refractivity (Wildman–Crippen MR) is 111 cm³/mol. The lowest BCUT2D eigenvalue weighted by Crippen LogP contribution is -2.21. The summed E-state index contributed by atoms with van der Waals surface area (Å²) in [6.45, 7) is 0.0519. The van der Waals surface area contributed by atoms with Crippen LogP contribution in [0.3, 0.4) is 0 Å². The summed E-state index contributed by atoms with van der Waals surface area (Å²) in [6, 6.07) is 6.90. The number of aliphatic hydroxyl groups excluding tert-OH is 3. The quantitative estimate of drug-likeness (QED) is 0.321. The van der Waals surface area contributed by atoms with Crippen molar-refractivity contribution in [2.45, 2.75) is 50.4 Å². The van der Waals surface area contributed by atoms with Gasteiger partial charge in [0, 0.05) is 23.8 Å². The molecule has 1 aromatic carbocycles. The highest BCUT2D eigenvalue weighted by Gasteiger charge is 2.39. The van der Waals surface area contributed by atoms with E-state index in [0.717, 1.165) is 0 Å². The third kappa shape index (κ3) is 8.19. The van der Waals surface area contributed by atoms with E-state index in [1.54, 1.807) is 36.4 Å². The largest absolute Gasteiger partial charge is 0.491 e. The molecule has 1 aromatic rings. The SMILES string of the molecule is O=C(O)CCC/C=C/C[C@H]1[C@H](/C=C/[C@@H](O)COc2cccc(Cl)c2)[C@@H](O)C[C@H]1O. The number of carbonyl (C=O) groups is 1. The highest BCUT2D eigenvalue weighted by atomic mass is 35.5. The van der Waals surface area contributed by atoms with E-state index < -0.39 is 24.3 Å². The van der Waals surface area contributed by atoms with Crippen LogP contribution in [0, 0.1) is 11.8 Å². The summed E-state index contributed by atoms with van der Waals surface area (Å²) in [7, 11) is 0. The van der Waals surface area contributed by atoms with Gasteiger partial charge in [0.05, 0.1) is 12.2 Å². The highest BCUT2D eigenvalue weighted by Crippen LogP contribution is 2.36. The van der Waals surface area contributed by atoms with Crippen molar-refractivity contribution in [2.24, 2.45) is 11.8 Å². The number of hydrogen-bond acceptors (Lipinski definition) is 5. The highest BCUT2D eigenvalue weighted by molar-refractivity contribution is 6.30. The predicted octanol–water partition coefficient (Wildman–Crippen LogP) is 3.20. The average molecular weight is 425 g/mol. The zero-order valence-corrected chi connectivity index (χ0v) is 17.0. The minimum absolute atomic E-state index is 0.0519. The molecule has 0 spiro atoms. The van der Waals surface area contributed by atoms with Crippen LogP contribution in [0.4, 0.5) is 0 Å². The fourth-order valence-electron chi connectivity index (χ4n) is 3.50. The van der Waals surface area contributed by atoms with Crippen LogP contribution in [0.5, 0.6) is 5.75 Å². The maximum Gasteiger partial charge on any atom is 0.303 e. The molecule has 0 unspecified atom stereocenters. The number of allylic oxidation sites excluding steroid dienone is 2. The lowest BCUT2D eigenvalue weighted by molar-refractivity contribution is -0.137. The maximum absolute atomic E-state index is 10.5. The molecule has 0 bridgehead atoms. The third-order valence-electron chi connectivity index (χ3n) is 5.02. The Kier molecular flexibility index (Phi) is 9.67. The fourth-order valence-corrected chi connectivity index (χ4v) is 3.68. The molecule has 0 aromatic heterocycles. The monoisotopic (exact) mass is 424 g/mol. The molecule has 0 amide bonds. The van der Waals surface area contributed by atoms with Gasteiger partial charge in [-0.05, 0) is 43.4 Å². The Bertz CT molecular complexity index is 704. The molecule has 5 atom stereocenters. The number of rotatable bonds is 11. The molecule has 4 N–H and O–H groups in total. The van der Waals surface area contributed by atoms with Crippen LogP contribution in [-0.2, 0) is 4.79 Å². The first-order chi connectivity index (χ1) is 13.9. The van der Waals surface area contributed by atoms with Gasteiger partial charge in [0.2, 0.25) is 0 Å². The van der Waals surface area contributed by atoms with Gasteiger partial charge in [-0.1, -0.05) is 42.0 Å². The van der Waals surface area contributed by atoms with Crippen LogP contribution in [0.1, 0.15) is 32.1 Å². The second-order valence-electron chi connectivity index (χ2n) is 7.33. The summed E-state index contributed by atoms with van der Waals surface area (Å²) in [5.74, 6) is -0.671. The molecule has 0 heterocycles. The van der Waals surface area contributed by atoms with Crippen molar-refractivity contribution in [1.29, 1.82) is 0 Å². The van der Waals surface area contributed by atoms with Crippen molar-refractivity contribution in [3.63, 3.8) is 0 Å². The molecular formula is C22H29ClO6. The van der Waals surface area contributed by atoms with Crippen molar-refractivity contribution < 1.29 is 30.0 Å². The van der Waals surface area contributed by atoms with Crippen LogP contribution in [0.25, 0.3) is 0 Å². The number of benzene rings is 1. The minimum atomic E-state index is -0.855. The summed E-state index contributed by atoms with van der Waals surface area (Å²) in [4.78, 5) is 10.5. The van der Waals surface area contributed by atoms with Gasteiger partial charge in [-0.2, -0.15) is 0 Å². The summed E-state index contributed by atoms with van der Waals surface area (Å²) in [5, 5.41) is 39.8. The molecule has 0 saturated heterocycles. The second kappa shape index (κ2) is 12.0. The van der Waals surface area contributed by atoms with E-state index in [-0.39, 0.29) is 24.9 Å². The number of unbranched alkanes of at least 4 members (excludes halogenated alkanes) is 1. The number of aliphatic hydroxyl groups is 3. The van der Waals surface area contributed by atoms with Crippen molar-refractivity contribution >= 4 is 17.6 Å². The van der Waals surface area contributed by atoms with E-state index in [9.17, 15) is 20.1 Å². The molecule has 2 rings (SSSR count). The first-order valence-electron chi connectivity index (χ1n) is 9.84. The smallest absolute Gasteiger partial charge is 0.303 e. The summed E-state index contributed by atoms with van der Waals surface area (Å²) < 4.78 is 5.51. The Hall–Kier alpha value is -1.86. The minimum Gasteiger partial charge on any atom is -0.491 e. The Morgan fingerprint density at radius 2 is 2.07 bits per heavy atom. The number of aliphatic carboxylic acids is 1. The summed E-state index contributed by atoms with van der Waals surface area (Å²) in [5.41, 5.74) is 0. The normalized spacial score (nSPS) is 25.7. The van der Waals surface area contributed by atoms with Gasteiger partial charge in [0.1, 0.15) is 18.5 Å².